The van der Waals surface area contributed by atoms with Crippen molar-refractivity contribution in [3.8, 4) is 0 Å². The van der Waals surface area contributed by atoms with Crippen LogP contribution >= 0.6 is 17.0 Å². The van der Waals surface area contributed by atoms with E-state index in [1.165, 1.54) is 11.1 Å². The highest BCUT2D eigenvalue weighted by Crippen LogP contribution is 2.14. The summed E-state index contributed by atoms with van der Waals surface area (Å²) in [6.07, 6.45) is 1.80. The molecule has 5 nitrogen and oxygen atoms in total. The molecule has 2 aromatic carbocycles. The fraction of sp³-hybridized carbons (Fsp3) is 0.150. The number of fused-ring (bicyclic) bond motifs is 1. The van der Waals surface area contributed by atoms with E-state index in [2.05, 4.69) is 38.8 Å². The van der Waals surface area contributed by atoms with Gasteiger partial charge in [0.1, 0.15) is 11.3 Å². The Morgan fingerprint density at radius 2 is 1.46 bits per heavy atom. The molecule has 4 rings (SSSR count). The molecule has 2 aromatic heterocycles. The third-order valence-corrected chi connectivity index (χ3v) is 4.34. The van der Waals surface area contributed by atoms with Gasteiger partial charge in [-0.25, -0.2) is 9.97 Å². The van der Waals surface area contributed by atoms with Gasteiger partial charge in [-0.3, -0.25) is 5.41 Å². The fourth-order valence-electron chi connectivity index (χ4n) is 3.09. The van der Waals surface area contributed by atoms with Crippen LogP contribution in [0.2, 0.25) is 0 Å². The lowest BCUT2D eigenvalue weighted by molar-refractivity contribution is 0.739. The molecule has 0 aliphatic rings. The van der Waals surface area contributed by atoms with Crippen LogP contribution in [0.4, 0.5) is 0 Å². The molecule has 0 radical (unpaired) electrons. The lowest BCUT2D eigenvalue weighted by Gasteiger charge is -2.12. The third kappa shape index (κ3) is 3.46. The molecule has 6 heteroatoms. The molecule has 4 aromatic rings. The topological polar surface area (TPSA) is 59.5 Å². The summed E-state index contributed by atoms with van der Waals surface area (Å²) in [5, 5.41) is 8.32. The minimum atomic E-state index is 0. The van der Waals surface area contributed by atoms with Gasteiger partial charge in [0.15, 0.2) is 11.1 Å². The predicted molar refractivity (Wildman–Crippen MR) is 108 cm³/mol. The van der Waals surface area contributed by atoms with Gasteiger partial charge in [-0.1, -0.05) is 60.7 Å². The van der Waals surface area contributed by atoms with Gasteiger partial charge in [0.25, 0.3) is 0 Å². The van der Waals surface area contributed by atoms with Crippen LogP contribution in [0.25, 0.3) is 11.2 Å². The summed E-state index contributed by atoms with van der Waals surface area (Å²) in [6, 6.07) is 20.5. The molecule has 0 saturated heterocycles. The first-order valence-corrected chi connectivity index (χ1v) is 8.27. The summed E-state index contributed by atoms with van der Waals surface area (Å²) in [5.74, 6) is 0.798. The first-order chi connectivity index (χ1) is 12.2. The normalized spacial score (nSPS) is 10.7. The molecule has 0 aliphatic heterocycles. The van der Waals surface area contributed by atoms with E-state index in [0.29, 0.717) is 13.1 Å². The SMILES string of the molecule is Br.Cc1nc(=N)c2c(ncn2Cc2ccccc2)n1Cc1ccccc1. The second-order valence-corrected chi connectivity index (χ2v) is 6.11. The van der Waals surface area contributed by atoms with Crippen LogP contribution in [0.5, 0.6) is 0 Å². The Morgan fingerprint density at radius 1 is 0.885 bits per heavy atom. The van der Waals surface area contributed by atoms with Crippen molar-refractivity contribution in [2.45, 2.75) is 20.0 Å². The van der Waals surface area contributed by atoms with Gasteiger partial charge in [0.05, 0.1) is 12.9 Å². The second-order valence-electron chi connectivity index (χ2n) is 6.11. The molecule has 26 heavy (non-hydrogen) atoms. The van der Waals surface area contributed by atoms with Crippen LogP contribution < -0.4 is 5.49 Å². The quantitative estimate of drug-likeness (QED) is 0.558. The van der Waals surface area contributed by atoms with Crippen LogP contribution in [-0.4, -0.2) is 19.1 Å². The maximum atomic E-state index is 8.32. The van der Waals surface area contributed by atoms with Gasteiger partial charge >= 0.3 is 0 Å². The highest BCUT2D eigenvalue weighted by Gasteiger charge is 2.13. The average molecular weight is 410 g/mol. The number of imidazole rings is 1. The lowest BCUT2D eigenvalue weighted by atomic mass is 10.2. The minimum absolute atomic E-state index is 0. The van der Waals surface area contributed by atoms with E-state index in [4.69, 9.17) is 5.41 Å². The van der Waals surface area contributed by atoms with Crippen molar-refractivity contribution in [3.05, 3.63) is 89.4 Å². The van der Waals surface area contributed by atoms with Crippen LogP contribution in [-0.2, 0) is 13.1 Å². The number of nitrogens with one attached hydrogen (secondary N) is 1. The molecular formula is C20H20BrN5. The van der Waals surface area contributed by atoms with Gasteiger partial charge in [-0.2, -0.15) is 0 Å². The van der Waals surface area contributed by atoms with Crippen molar-refractivity contribution in [1.29, 1.82) is 5.41 Å². The predicted octanol–water partition coefficient (Wildman–Crippen LogP) is 3.70. The maximum absolute atomic E-state index is 8.32. The van der Waals surface area contributed by atoms with Crippen molar-refractivity contribution in [2.24, 2.45) is 0 Å². The van der Waals surface area contributed by atoms with E-state index in [1.54, 1.807) is 6.33 Å². The van der Waals surface area contributed by atoms with E-state index in [0.717, 1.165) is 17.0 Å². The first-order valence-electron chi connectivity index (χ1n) is 8.27. The summed E-state index contributed by atoms with van der Waals surface area (Å²) >= 11 is 0. The molecule has 0 unspecified atom stereocenters. The lowest BCUT2D eigenvalue weighted by Crippen LogP contribution is -2.19. The number of hydrogen-bond donors (Lipinski definition) is 1. The Hall–Kier alpha value is -2.73. The molecule has 132 valence electrons. The van der Waals surface area contributed by atoms with Gasteiger partial charge in [-0.05, 0) is 18.1 Å². The minimum Gasteiger partial charge on any atom is -0.322 e. The van der Waals surface area contributed by atoms with Crippen molar-refractivity contribution in [1.82, 2.24) is 19.1 Å². The molecule has 1 N–H and O–H groups in total. The maximum Gasteiger partial charge on any atom is 0.174 e. The van der Waals surface area contributed by atoms with E-state index in [-0.39, 0.29) is 22.5 Å². The van der Waals surface area contributed by atoms with Gasteiger partial charge in [0, 0.05) is 6.54 Å². The number of aryl methyl sites for hydroxylation is 1. The number of rotatable bonds is 4. The van der Waals surface area contributed by atoms with Crippen molar-refractivity contribution >= 4 is 28.1 Å². The molecule has 0 atom stereocenters. The molecule has 0 fully saturated rings. The number of nitrogens with zero attached hydrogens (tertiary/aromatic N) is 4. The molecule has 0 saturated carbocycles. The molecule has 0 spiro atoms. The molecule has 0 amide bonds. The zero-order chi connectivity index (χ0) is 17.2. The van der Waals surface area contributed by atoms with Gasteiger partial charge < -0.3 is 9.13 Å². The molecule has 2 heterocycles. The van der Waals surface area contributed by atoms with Crippen molar-refractivity contribution in [3.63, 3.8) is 0 Å². The summed E-state index contributed by atoms with van der Waals surface area (Å²) in [6.45, 7) is 3.30. The Morgan fingerprint density at radius 3 is 2.08 bits per heavy atom. The standard InChI is InChI=1S/C20H19N5.BrH/c1-15-23-19(21)18-20(25(15)13-17-10-6-3-7-11-17)22-14-24(18)12-16-8-4-2-5-9-16;/h2-11,14,21H,12-13H2,1H3;1H. The number of aromatic nitrogens is 4. The van der Waals surface area contributed by atoms with Crippen LogP contribution in [0.3, 0.4) is 0 Å². The van der Waals surface area contributed by atoms with E-state index >= 15 is 0 Å². The third-order valence-electron chi connectivity index (χ3n) is 4.34. The summed E-state index contributed by atoms with van der Waals surface area (Å²) in [7, 11) is 0. The molecule has 0 bridgehead atoms. The van der Waals surface area contributed by atoms with Crippen LogP contribution in [0, 0.1) is 12.3 Å². The Labute approximate surface area is 162 Å². The summed E-state index contributed by atoms with van der Waals surface area (Å²) in [4.78, 5) is 9.04. The zero-order valence-electron chi connectivity index (χ0n) is 14.5. The number of hydrogen-bond acceptors (Lipinski definition) is 3. The zero-order valence-corrected chi connectivity index (χ0v) is 16.2. The number of benzene rings is 2. The first kappa shape index (κ1) is 18.1. The summed E-state index contributed by atoms with van der Waals surface area (Å²) < 4.78 is 4.07. The van der Waals surface area contributed by atoms with Crippen LogP contribution in [0.15, 0.2) is 67.0 Å². The Bertz CT molecular complexity index is 1070. The smallest absolute Gasteiger partial charge is 0.174 e. The van der Waals surface area contributed by atoms with Crippen molar-refractivity contribution < 1.29 is 0 Å². The monoisotopic (exact) mass is 409 g/mol. The Balaban J connectivity index is 0.00000196. The molecule has 0 aliphatic carbocycles. The van der Waals surface area contributed by atoms with Gasteiger partial charge in [0.2, 0.25) is 0 Å². The largest absolute Gasteiger partial charge is 0.322 e. The average Bonchev–Trinajstić information content (AvgIpc) is 3.04. The van der Waals surface area contributed by atoms with E-state index in [9.17, 15) is 0 Å². The molecular weight excluding hydrogens is 390 g/mol. The highest BCUT2D eigenvalue weighted by atomic mass is 79.9. The number of halogens is 1. The Kier molecular flexibility index (Phi) is 5.32. The highest BCUT2D eigenvalue weighted by molar-refractivity contribution is 8.93. The van der Waals surface area contributed by atoms with E-state index in [1.807, 2.05) is 47.9 Å². The summed E-state index contributed by atoms with van der Waals surface area (Å²) in [5.41, 5.74) is 4.21. The second kappa shape index (κ2) is 7.66. The van der Waals surface area contributed by atoms with E-state index < -0.39 is 0 Å². The van der Waals surface area contributed by atoms with Crippen LogP contribution in [0.1, 0.15) is 17.0 Å². The van der Waals surface area contributed by atoms with Gasteiger partial charge in [-0.15, -0.1) is 17.0 Å². The fourth-order valence-corrected chi connectivity index (χ4v) is 3.09. The van der Waals surface area contributed by atoms with Crippen molar-refractivity contribution in [2.75, 3.05) is 0 Å².